The van der Waals surface area contributed by atoms with E-state index in [4.69, 9.17) is 17.0 Å². The van der Waals surface area contributed by atoms with Gasteiger partial charge in [-0.1, -0.05) is 0 Å². The van der Waals surface area contributed by atoms with Crippen LogP contribution in [0.3, 0.4) is 0 Å². The Morgan fingerprint density at radius 3 is 2.95 bits per heavy atom. The smallest absolute Gasteiger partial charge is 0.261 e. The molecule has 1 aromatic carbocycles. The van der Waals surface area contributed by atoms with Gasteiger partial charge in [-0.3, -0.25) is 14.2 Å². The first-order chi connectivity index (χ1) is 10.5. The van der Waals surface area contributed by atoms with Crippen LogP contribution in [0.25, 0.3) is 10.9 Å². The molecule has 0 bridgehead atoms. The Kier molecular flexibility index (Phi) is 5.46. The van der Waals surface area contributed by atoms with Gasteiger partial charge >= 0.3 is 0 Å². The van der Waals surface area contributed by atoms with Gasteiger partial charge in [0.1, 0.15) is 0 Å². The van der Waals surface area contributed by atoms with E-state index in [1.807, 2.05) is 6.92 Å². The number of hydrogen-bond acceptors (Lipinski definition) is 4. The standard InChI is InChI=1S/C15H19N3O3S/c1-3-21-8-4-7-16-13(19)10-5-6-11-12(9-10)17-15(22)18(2)14(11)20/h5-6,9H,3-4,7-8H2,1-2H3,(H,16,19)(H,17,22). The molecule has 0 saturated heterocycles. The number of H-pyrrole nitrogens is 1. The summed E-state index contributed by atoms with van der Waals surface area (Å²) in [6.07, 6.45) is 0.760. The molecule has 0 radical (unpaired) electrons. The lowest BCUT2D eigenvalue weighted by molar-refractivity contribution is 0.0944. The van der Waals surface area contributed by atoms with E-state index in [-0.39, 0.29) is 11.5 Å². The Hall–Kier alpha value is -1.99. The molecule has 6 nitrogen and oxygen atoms in total. The molecule has 2 rings (SSSR count). The molecule has 0 aliphatic heterocycles. The molecule has 1 aromatic heterocycles. The molecule has 1 amide bonds. The minimum absolute atomic E-state index is 0.178. The summed E-state index contributed by atoms with van der Waals surface area (Å²) >= 11 is 5.08. The van der Waals surface area contributed by atoms with Gasteiger partial charge in [0, 0.05) is 32.4 Å². The number of fused-ring (bicyclic) bond motifs is 1. The number of aromatic amines is 1. The number of ether oxygens (including phenoxy) is 1. The molecular weight excluding hydrogens is 302 g/mol. The highest BCUT2D eigenvalue weighted by atomic mass is 32.1. The van der Waals surface area contributed by atoms with Crippen LogP contribution < -0.4 is 10.9 Å². The maximum Gasteiger partial charge on any atom is 0.261 e. The largest absolute Gasteiger partial charge is 0.382 e. The summed E-state index contributed by atoms with van der Waals surface area (Å²) in [4.78, 5) is 27.1. The Bertz CT molecular complexity index is 795. The van der Waals surface area contributed by atoms with Gasteiger partial charge in [0.05, 0.1) is 10.9 Å². The summed E-state index contributed by atoms with van der Waals surface area (Å²) in [5.41, 5.74) is 0.875. The van der Waals surface area contributed by atoms with Crippen LogP contribution >= 0.6 is 12.2 Å². The number of carbonyl (C=O) groups excluding carboxylic acids is 1. The van der Waals surface area contributed by atoms with Crippen molar-refractivity contribution in [1.29, 1.82) is 0 Å². The van der Waals surface area contributed by atoms with Crippen LogP contribution in [0, 0.1) is 4.77 Å². The fraction of sp³-hybridized carbons (Fsp3) is 0.400. The zero-order valence-electron chi connectivity index (χ0n) is 12.6. The SMILES string of the molecule is CCOCCCNC(=O)c1ccc2c(=O)n(C)c(=S)[nH]c2c1. The van der Waals surface area contributed by atoms with E-state index in [2.05, 4.69) is 10.3 Å². The average molecular weight is 321 g/mol. The molecule has 0 unspecified atom stereocenters. The number of rotatable bonds is 6. The third kappa shape index (κ3) is 3.61. The molecule has 118 valence electrons. The quantitative estimate of drug-likeness (QED) is 0.628. The van der Waals surface area contributed by atoms with Gasteiger partial charge in [0.15, 0.2) is 4.77 Å². The molecule has 0 saturated carbocycles. The lowest BCUT2D eigenvalue weighted by Gasteiger charge is -2.07. The van der Waals surface area contributed by atoms with E-state index < -0.39 is 0 Å². The second-order valence-corrected chi connectivity index (χ2v) is 5.25. The Labute approximate surface area is 133 Å². The van der Waals surface area contributed by atoms with Crippen LogP contribution in [0.15, 0.2) is 23.0 Å². The summed E-state index contributed by atoms with van der Waals surface area (Å²) in [6, 6.07) is 4.92. The summed E-state index contributed by atoms with van der Waals surface area (Å²) < 4.78 is 6.90. The summed E-state index contributed by atoms with van der Waals surface area (Å²) in [5, 5.41) is 3.32. The maximum atomic E-state index is 12.1. The van der Waals surface area contributed by atoms with E-state index in [9.17, 15) is 9.59 Å². The zero-order chi connectivity index (χ0) is 16.1. The van der Waals surface area contributed by atoms with Crippen LogP contribution in [0.4, 0.5) is 0 Å². The summed E-state index contributed by atoms with van der Waals surface area (Å²) in [5.74, 6) is -0.182. The van der Waals surface area contributed by atoms with Gasteiger partial charge in [0.2, 0.25) is 0 Å². The van der Waals surface area contributed by atoms with E-state index >= 15 is 0 Å². The third-order valence-corrected chi connectivity index (χ3v) is 3.69. The fourth-order valence-electron chi connectivity index (χ4n) is 2.07. The van der Waals surface area contributed by atoms with Crippen LogP contribution in [0.1, 0.15) is 23.7 Å². The van der Waals surface area contributed by atoms with Crippen molar-refractivity contribution >= 4 is 29.0 Å². The van der Waals surface area contributed by atoms with Crippen molar-refractivity contribution in [3.8, 4) is 0 Å². The van der Waals surface area contributed by atoms with Gasteiger partial charge in [-0.15, -0.1) is 0 Å². The van der Waals surface area contributed by atoms with Crippen molar-refractivity contribution in [2.75, 3.05) is 19.8 Å². The molecular formula is C15H19N3O3S. The first kappa shape index (κ1) is 16.4. The average Bonchev–Trinajstić information content (AvgIpc) is 2.52. The monoisotopic (exact) mass is 321 g/mol. The van der Waals surface area contributed by atoms with Crippen LogP contribution in [0.5, 0.6) is 0 Å². The zero-order valence-corrected chi connectivity index (χ0v) is 13.5. The minimum atomic E-state index is -0.182. The highest BCUT2D eigenvalue weighted by molar-refractivity contribution is 7.71. The highest BCUT2D eigenvalue weighted by Gasteiger charge is 2.08. The lowest BCUT2D eigenvalue weighted by atomic mass is 10.1. The van der Waals surface area contributed by atoms with Crippen molar-refractivity contribution < 1.29 is 9.53 Å². The Balaban J connectivity index is 2.16. The van der Waals surface area contributed by atoms with Gasteiger partial charge in [-0.05, 0) is 43.8 Å². The van der Waals surface area contributed by atoms with Crippen LogP contribution in [-0.4, -0.2) is 35.2 Å². The number of benzene rings is 1. The van der Waals surface area contributed by atoms with Gasteiger partial charge in [0.25, 0.3) is 11.5 Å². The number of amides is 1. The second-order valence-electron chi connectivity index (χ2n) is 4.86. The second kappa shape index (κ2) is 7.33. The molecule has 7 heteroatoms. The molecule has 0 aliphatic carbocycles. The number of carbonyl (C=O) groups is 1. The van der Waals surface area contributed by atoms with E-state index in [1.165, 1.54) is 4.57 Å². The molecule has 0 fully saturated rings. The third-order valence-electron chi connectivity index (χ3n) is 3.32. The van der Waals surface area contributed by atoms with E-state index in [0.29, 0.717) is 41.0 Å². The number of nitrogens with one attached hydrogen (secondary N) is 2. The molecule has 0 atom stereocenters. The molecule has 22 heavy (non-hydrogen) atoms. The molecule has 2 aromatic rings. The first-order valence-electron chi connectivity index (χ1n) is 7.13. The van der Waals surface area contributed by atoms with Crippen LogP contribution in [0.2, 0.25) is 0 Å². The van der Waals surface area contributed by atoms with Crippen molar-refractivity contribution in [3.05, 3.63) is 38.9 Å². The van der Waals surface area contributed by atoms with Crippen molar-refractivity contribution in [1.82, 2.24) is 14.9 Å². The first-order valence-corrected chi connectivity index (χ1v) is 7.54. The predicted molar refractivity (Wildman–Crippen MR) is 87.8 cm³/mol. The Morgan fingerprint density at radius 2 is 2.23 bits per heavy atom. The highest BCUT2D eigenvalue weighted by Crippen LogP contribution is 2.10. The normalized spacial score (nSPS) is 10.8. The van der Waals surface area contributed by atoms with E-state index in [0.717, 1.165) is 6.42 Å². The predicted octanol–water partition coefficient (Wildman–Crippen LogP) is 1.75. The fourth-order valence-corrected chi connectivity index (χ4v) is 2.26. The number of nitrogens with zero attached hydrogens (tertiary/aromatic N) is 1. The molecule has 2 N–H and O–H groups in total. The topological polar surface area (TPSA) is 76.1 Å². The maximum absolute atomic E-state index is 12.1. The van der Waals surface area contributed by atoms with Crippen LogP contribution in [-0.2, 0) is 11.8 Å². The van der Waals surface area contributed by atoms with Gasteiger partial charge < -0.3 is 15.0 Å². The molecule has 1 heterocycles. The van der Waals surface area contributed by atoms with E-state index in [1.54, 1.807) is 25.2 Å². The number of aromatic nitrogens is 2. The molecule has 0 spiro atoms. The Morgan fingerprint density at radius 1 is 1.45 bits per heavy atom. The summed E-state index contributed by atoms with van der Waals surface area (Å²) in [7, 11) is 1.61. The van der Waals surface area contributed by atoms with Crippen molar-refractivity contribution in [2.24, 2.45) is 7.05 Å². The van der Waals surface area contributed by atoms with Gasteiger partial charge in [-0.2, -0.15) is 0 Å². The van der Waals surface area contributed by atoms with Gasteiger partial charge in [-0.25, -0.2) is 0 Å². The molecule has 0 aliphatic rings. The van der Waals surface area contributed by atoms with Crippen molar-refractivity contribution in [3.63, 3.8) is 0 Å². The minimum Gasteiger partial charge on any atom is -0.382 e. The van der Waals surface area contributed by atoms with Crippen molar-refractivity contribution in [2.45, 2.75) is 13.3 Å². The number of hydrogen-bond donors (Lipinski definition) is 2. The lowest BCUT2D eigenvalue weighted by Crippen LogP contribution is -2.25. The summed E-state index contributed by atoms with van der Waals surface area (Å²) in [6.45, 7) is 3.77.